The minimum absolute atomic E-state index is 0. The SMILES string of the molecule is CN=C(NCCc1cccc(C(=O)NC)c1)NCc1ccc(N2CCOC(C)C2)nc1.I. The number of benzene rings is 1. The number of halogens is 1. The van der Waals surface area contributed by atoms with Crippen LogP contribution in [0.25, 0.3) is 0 Å². The summed E-state index contributed by atoms with van der Waals surface area (Å²) in [5, 5.41) is 9.28. The van der Waals surface area contributed by atoms with E-state index in [0.717, 1.165) is 49.0 Å². The van der Waals surface area contributed by atoms with Crippen LogP contribution < -0.4 is 20.9 Å². The van der Waals surface area contributed by atoms with Crippen LogP contribution in [0.3, 0.4) is 0 Å². The van der Waals surface area contributed by atoms with Gasteiger partial charge in [-0.3, -0.25) is 9.79 Å². The molecule has 0 saturated carbocycles. The van der Waals surface area contributed by atoms with E-state index in [9.17, 15) is 4.79 Å². The molecule has 2 aromatic rings. The minimum Gasteiger partial charge on any atom is -0.375 e. The summed E-state index contributed by atoms with van der Waals surface area (Å²) in [6, 6.07) is 11.8. The number of ether oxygens (including phenoxy) is 1. The van der Waals surface area contributed by atoms with Gasteiger partial charge in [-0.05, 0) is 42.7 Å². The highest BCUT2D eigenvalue weighted by atomic mass is 127. The third-order valence-corrected chi connectivity index (χ3v) is 5.18. The second-order valence-corrected chi connectivity index (χ2v) is 7.53. The molecule has 9 heteroatoms. The number of rotatable bonds is 7. The fraction of sp³-hybridized carbons (Fsp3) is 0.435. The molecule has 0 spiro atoms. The first-order chi connectivity index (χ1) is 15.1. The Bertz CT molecular complexity index is 890. The Labute approximate surface area is 207 Å². The summed E-state index contributed by atoms with van der Waals surface area (Å²) in [4.78, 5) is 22.9. The Hall–Kier alpha value is -2.40. The van der Waals surface area contributed by atoms with Crippen molar-refractivity contribution in [3.63, 3.8) is 0 Å². The molecular weight excluding hydrogens is 519 g/mol. The van der Waals surface area contributed by atoms with Crippen LogP contribution in [0, 0.1) is 0 Å². The quantitative estimate of drug-likeness (QED) is 0.277. The predicted octanol–water partition coefficient (Wildman–Crippen LogP) is 2.19. The first-order valence-corrected chi connectivity index (χ1v) is 10.7. The summed E-state index contributed by atoms with van der Waals surface area (Å²) in [6.07, 6.45) is 2.93. The molecule has 1 atom stereocenters. The van der Waals surface area contributed by atoms with Crippen LogP contribution in [0.15, 0.2) is 47.6 Å². The predicted molar refractivity (Wildman–Crippen MR) is 139 cm³/mol. The number of carbonyl (C=O) groups is 1. The number of carbonyl (C=O) groups excluding carboxylic acids is 1. The summed E-state index contributed by atoms with van der Waals surface area (Å²) in [7, 11) is 3.39. The van der Waals surface area contributed by atoms with Crippen molar-refractivity contribution in [2.75, 3.05) is 45.2 Å². The van der Waals surface area contributed by atoms with Crippen molar-refractivity contribution in [2.24, 2.45) is 4.99 Å². The summed E-state index contributed by atoms with van der Waals surface area (Å²) in [5.74, 6) is 1.64. The number of nitrogens with one attached hydrogen (secondary N) is 3. The van der Waals surface area contributed by atoms with E-state index in [0.29, 0.717) is 18.7 Å². The number of pyridine rings is 1. The third kappa shape index (κ3) is 7.63. The summed E-state index contributed by atoms with van der Waals surface area (Å²) >= 11 is 0. The fourth-order valence-electron chi connectivity index (χ4n) is 3.48. The Morgan fingerprint density at radius 2 is 2.09 bits per heavy atom. The normalized spacial score (nSPS) is 16.2. The monoisotopic (exact) mass is 552 g/mol. The molecule has 1 saturated heterocycles. The van der Waals surface area contributed by atoms with Gasteiger partial charge in [-0.15, -0.1) is 24.0 Å². The van der Waals surface area contributed by atoms with Crippen molar-refractivity contribution >= 4 is 41.7 Å². The van der Waals surface area contributed by atoms with Crippen molar-refractivity contribution in [2.45, 2.75) is 26.0 Å². The van der Waals surface area contributed by atoms with Crippen molar-refractivity contribution in [3.8, 4) is 0 Å². The standard InChI is InChI=1S/C23H32N6O2.HI/c1-17-16-29(11-12-31-17)21-8-7-19(14-27-21)15-28-23(25-3)26-10-9-18-5-4-6-20(13-18)22(30)24-2;/h4-8,13-14,17H,9-12,15-16H2,1-3H3,(H,24,30)(H2,25,26,28);1H. The van der Waals surface area contributed by atoms with Gasteiger partial charge in [0.25, 0.3) is 5.91 Å². The number of hydrogen-bond donors (Lipinski definition) is 3. The van der Waals surface area contributed by atoms with E-state index in [1.165, 1.54) is 0 Å². The Balaban J connectivity index is 0.00000363. The van der Waals surface area contributed by atoms with Crippen LogP contribution in [0.5, 0.6) is 0 Å². The highest BCUT2D eigenvalue weighted by Crippen LogP contribution is 2.15. The van der Waals surface area contributed by atoms with Gasteiger partial charge in [0.1, 0.15) is 5.82 Å². The number of guanidine groups is 1. The van der Waals surface area contributed by atoms with Gasteiger partial charge in [0.15, 0.2) is 5.96 Å². The lowest BCUT2D eigenvalue weighted by Crippen LogP contribution is -2.41. The van der Waals surface area contributed by atoms with Crippen LogP contribution in [0.2, 0.25) is 0 Å². The number of anilines is 1. The van der Waals surface area contributed by atoms with E-state index in [1.54, 1.807) is 14.1 Å². The summed E-state index contributed by atoms with van der Waals surface area (Å²) in [5.41, 5.74) is 2.86. The van der Waals surface area contributed by atoms with Crippen molar-refractivity contribution < 1.29 is 9.53 Å². The molecule has 1 aromatic heterocycles. The highest BCUT2D eigenvalue weighted by molar-refractivity contribution is 14.0. The van der Waals surface area contributed by atoms with Crippen molar-refractivity contribution in [3.05, 3.63) is 59.3 Å². The van der Waals surface area contributed by atoms with Gasteiger partial charge in [0.2, 0.25) is 0 Å². The zero-order valence-electron chi connectivity index (χ0n) is 18.9. The molecule has 174 valence electrons. The molecule has 1 unspecified atom stereocenters. The van der Waals surface area contributed by atoms with E-state index in [4.69, 9.17) is 4.74 Å². The maximum absolute atomic E-state index is 11.8. The third-order valence-electron chi connectivity index (χ3n) is 5.18. The molecule has 1 aromatic carbocycles. The van der Waals surface area contributed by atoms with Gasteiger partial charge in [-0.25, -0.2) is 4.98 Å². The number of hydrogen-bond acceptors (Lipinski definition) is 5. The van der Waals surface area contributed by atoms with E-state index in [1.807, 2.05) is 30.5 Å². The smallest absolute Gasteiger partial charge is 0.251 e. The first-order valence-electron chi connectivity index (χ1n) is 10.7. The molecule has 1 fully saturated rings. The summed E-state index contributed by atoms with van der Waals surface area (Å²) in [6.45, 7) is 5.92. The largest absolute Gasteiger partial charge is 0.375 e. The topological polar surface area (TPSA) is 90.9 Å². The number of aliphatic imine (C=N–C) groups is 1. The van der Waals surface area contributed by atoms with Crippen LogP contribution in [-0.2, 0) is 17.7 Å². The lowest BCUT2D eigenvalue weighted by atomic mass is 10.1. The second kappa shape index (κ2) is 13.2. The van der Waals surface area contributed by atoms with Gasteiger partial charge < -0.3 is 25.6 Å². The van der Waals surface area contributed by atoms with Gasteiger partial charge in [0, 0.05) is 52.0 Å². The zero-order valence-corrected chi connectivity index (χ0v) is 21.3. The first kappa shape index (κ1) is 25.9. The maximum Gasteiger partial charge on any atom is 0.251 e. The number of aromatic nitrogens is 1. The van der Waals surface area contributed by atoms with Crippen molar-refractivity contribution in [1.29, 1.82) is 0 Å². The van der Waals surface area contributed by atoms with Gasteiger partial charge in [-0.1, -0.05) is 18.2 Å². The molecule has 0 radical (unpaired) electrons. The van der Waals surface area contributed by atoms with Crippen LogP contribution in [0.1, 0.15) is 28.4 Å². The Kier molecular flexibility index (Phi) is 10.7. The molecule has 3 N–H and O–H groups in total. The molecule has 32 heavy (non-hydrogen) atoms. The van der Waals surface area contributed by atoms with E-state index in [2.05, 4.69) is 49.9 Å². The van der Waals surface area contributed by atoms with Gasteiger partial charge >= 0.3 is 0 Å². The molecule has 1 aliphatic heterocycles. The van der Waals surface area contributed by atoms with E-state index >= 15 is 0 Å². The van der Waals surface area contributed by atoms with Gasteiger partial charge in [-0.2, -0.15) is 0 Å². The maximum atomic E-state index is 11.8. The lowest BCUT2D eigenvalue weighted by Gasteiger charge is -2.32. The number of amides is 1. The lowest BCUT2D eigenvalue weighted by molar-refractivity contribution is 0.0529. The van der Waals surface area contributed by atoms with E-state index < -0.39 is 0 Å². The second-order valence-electron chi connectivity index (χ2n) is 7.53. The molecular formula is C23H33IN6O2. The molecule has 8 nitrogen and oxygen atoms in total. The minimum atomic E-state index is -0.0740. The Morgan fingerprint density at radius 1 is 1.25 bits per heavy atom. The zero-order chi connectivity index (χ0) is 22.1. The average Bonchev–Trinajstić information content (AvgIpc) is 2.81. The molecule has 1 amide bonds. The average molecular weight is 552 g/mol. The number of morpholine rings is 1. The molecule has 1 aliphatic rings. The highest BCUT2D eigenvalue weighted by Gasteiger charge is 2.17. The van der Waals surface area contributed by atoms with Crippen LogP contribution >= 0.6 is 24.0 Å². The van der Waals surface area contributed by atoms with Crippen LogP contribution in [0.4, 0.5) is 5.82 Å². The molecule has 0 bridgehead atoms. The van der Waals surface area contributed by atoms with Crippen molar-refractivity contribution in [1.82, 2.24) is 20.9 Å². The number of nitrogens with zero attached hydrogens (tertiary/aromatic N) is 3. The van der Waals surface area contributed by atoms with Crippen LogP contribution in [-0.4, -0.2) is 63.3 Å². The fourth-order valence-corrected chi connectivity index (χ4v) is 3.48. The molecule has 3 rings (SSSR count). The molecule has 2 heterocycles. The molecule has 0 aliphatic carbocycles. The van der Waals surface area contributed by atoms with Gasteiger partial charge in [0.05, 0.1) is 12.7 Å². The Morgan fingerprint density at radius 3 is 2.78 bits per heavy atom. The summed E-state index contributed by atoms with van der Waals surface area (Å²) < 4.78 is 5.59. The van der Waals surface area contributed by atoms with E-state index in [-0.39, 0.29) is 36.0 Å².